The maximum Gasteiger partial charge on any atom is 0.390 e. The van der Waals surface area contributed by atoms with Crippen LogP contribution in [0.25, 0.3) is 0 Å². The van der Waals surface area contributed by atoms with Crippen molar-refractivity contribution in [2.24, 2.45) is 0 Å². The Labute approximate surface area is 102 Å². The standard InChI is InChI=1S/C8H7Br2F3N2/c9-5-3-6(10)7(15-4-5)14-2-1-8(11,12)13/h3-4H,1-2H2,(H,14,15). The second kappa shape index (κ2) is 5.16. The van der Waals surface area contributed by atoms with E-state index in [-0.39, 0.29) is 6.54 Å². The molecule has 0 atom stereocenters. The Bertz CT molecular complexity index is 341. The first-order valence-corrected chi connectivity index (χ1v) is 5.59. The second-order valence-electron chi connectivity index (χ2n) is 2.78. The van der Waals surface area contributed by atoms with Crippen molar-refractivity contribution in [3.8, 4) is 0 Å². The van der Waals surface area contributed by atoms with E-state index < -0.39 is 12.6 Å². The third-order valence-corrected chi connectivity index (χ3v) is 2.55. The van der Waals surface area contributed by atoms with Crippen LogP contribution in [0.2, 0.25) is 0 Å². The number of hydrogen-bond acceptors (Lipinski definition) is 2. The Kier molecular flexibility index (Phi) is 4.39. The summed E-state index contributed by atoms with van der Waals surface area (Å²) in [4.78, 5) is 3.93. The maximum atomic E-state index is 11.8. The van der Waals surface area contributed by atoms with E-state index in [0.717, 1.165) is 4.47 Å². The highest BCUT2D eigenvalue weighted by Gasteiger charge is 2.26. The van der Waals surface area contributed by atoms with E-state index >= 15 is 0 Å². The zero-order valence-corrected chi connectivity index (χ0v) is 10.6. The topological polar surface area (TPSA) is 24.9 Å². The highest BCUT2D eigenvalue weighted by molar-refractivity contribution is 9.11. The average Bonchev–Trinajstić information content (AvgIpc) is 2.07. The summed E-state index contributed by atoms with van der Waals surface area (Å²) in [6.45, 7) is -0.184. The summed E-state index contributed by atoms with van der Waals surface area (Å²) < 4.78 is 36.9. The average molecular weight is 348 g/mol. The summed E-state index contributed by atoms with van der Waals surface area (Å²) in [5.41, 5.74) is 0. The molecule has 0 unspecified atom stereocenters. The second-order valence-corrected chi connectivity index (χ2v) is 4.55. The van der Waals surface area contributed by atoms with Gasteiger partial charge in [-0.25, -0.2) is 4.98 Å². The minimum absolute atomic E-state index is 0.184. The van der Waals surface area contributed by atoms with E-state index in [4.69, 9.17) is 0 Å². The number of rotatable bonds is 3. The molecule has 1 aromatic rings. The Morgan fingerprint density at radius 3 is 2.53 bits per heavy atom. The normalized spacial score (nSPS) is 11.5. The zero-order chi connectivity index (χ0) is 11.5. The quantitative estimate of drug-likeness (QED) is 0.894. The number of alkyl halides is 3. The third-order valence-electron chi connectivity index (χ3n) is 1.51. The number of hydrogen-bond donors (Lipinski definition) is 1. The molecule has 84 valence electrons. The fourth-order valence-corrected chi connectivity index (χ4v) is 1.99. The van der Waals surface area contributed by atoms with Crippen LogP contribution >= 0.6 is 31.9 Å². The van der Waals surface area contributed by atoms with Gasteiger partial charge in [0.15, 0.2) is 0 Å². The van der Waals surface area contributed by atoms with Gasteiger partial charge in [0.1, 0.15) is 5.82 Å². The van der Waals surface area contributed by atoms with Gasteiger partial charge in [0.05, 0.1) is 10.9 Å². The fourth-order valence-electron chi connectivity index (χ4n) is 0.867. The van der Waals surface area contributed by atoms with Gasteiger partial charge in [-0.15, -0.1) is 0 Å². The van der Waals surface area contributed by atoms with Gasteiger partial charge in [-0.1, -0.05) is 0 Å². The fraction of sp³-hybridized carbons (Fsp3) is 0.375. The first-order valence-electron chi connectivity index (χ1n) is 4.00. The van der Waals surface area contributed by atoms with E-state index in [9.17, 15) is 13.2 Å². The molecule has 0 aliphatic rings. The Morgan fingerprint density at radius 2 is 2.00 bits per heavy atom. The van der Waals surface area contributed by atoms with Gasteiger partial charge in [0.25, 0.3) is 0 Å². The summed E-state index contributed by atoms with van der Waals surface area (Å²) in [5.74, 6) is 0.405. The number of halogens is 5. The van der Waals surface area contributed by atoms with Crippen molar-refractivity contribution in [2.75, 3.05) is 11.9 Å². The summed E-state index contributed by atoms with van der Waals surface area (Å²) in [7, 11) is 0. The molecular formula is C8H7Br2F3N2. The monoisotopic (exact) mass is 346 g/mol. The van der Waals surface area contributed by atoms with Gasteiger partial charge in [-0.3, -0.25) is 0 Å². The van der Waals surface area contributed by atoms with E-state index in [1.807, 2.05) is 0 Å². The van der Waals surface area contributed by atoms with Crippen molar-refractivity contribution in [3.63, 3.8) is 0 Å². The smallest absolute Gasteiger partial charge is 0.369 e. The highest BCUT2D eigenvalue weighted by Crippen LogP contribution is 2.24. The number of aromatic nitrogens is 1. The Balaban J connectivity index is 2.51. The maximum absolute atomic E-state index is 11.8. The Morgan fingerprint density at radius 1 is 1.33 bits per heavy atom. The van der Waals surface area contributed by atoms with Crippen LogP contribution in [0.5, 0.6) is 0 Å². The summed E-state index contributed by atoms with van der Waals surface area (Å²) in [6, 6.07) is 1.71. The van der Waals surface area contributed by atoms with E-state index in [2.05, 4.69) is 42.2 Å². The van der Waals surface area contributed by atoms with Crippen molar-refractivity contribution >= 4 is 37.7 Å². The summed E-state index contributed by atoms with van der Waals surface area (Å²) >= 11 is 6.39. The molecule has 0 spiro atoms. The lowest BCUT2D eigenvalue weighted by molar-refractivity contribution is -0.131. The van der Waals surface area contributed by atoms with Crippen LogP contribution < -0.4 is 5.32 Å². The van der Waals surface area contributed by atoms with Gasteiger partial charge < -0.3 is 5.32 Å². The van der Waals surface area contributed by atoms with Crippen LogP contribution in [-0.4, -0.2) is 17.7 Å². The highest BCUT2D eigenvalue weighted by atomic mass is 79.9. The first-order chi connectivity index (χ1) is 6.88. The lowest BCUT2D eigenvalue weighted by Gasteiger charge is -2.09. The zero-order valence-electron chi connectivity index (χ0n) is 7.41. The van der Waals surface area contributed by atoms with Gasteiger partial charge >= 0.3 is 6.18 Å². The molecule has 1 heterocycles. The molecule has 1 rings (SSSR count). The molecule has 15 heavy (non-hydrogen) atoms. The molecular weight excluding hydrogens is 341 g/mol. The number of nitrogens with one attached hydrogen (secondary N) is 1. The first kappa shape index (κ1) is 12.8. The van der Waals surface area contributed by atoms with Crippen LogP contribution in [0.4, 0.5) is 19.0 Å². The molecule has 0 bridgehead atoms. The van der Waals surface area contributed by atoms with Crippen LogP contribution in [0.15, 0.2) is 21.2 Å². The predicted molar refractivity (Wildman–Crippen MR) is 58.8 cm³/mol. The van der Waals surface area contributed by atoms with Gasteiger partial charge in [0, 0.05) is 17.2 Å². The minimum Gasteiger partial charge on any atom is -0.369 e. The van der Waals surface area contributed by atoms with Crippen molar-refractivity contribution in [1.29, 1.82) is 0 Å². The molecule has 1 aromatic heterocycles. The molecule has 0 aliphatic heterocycles. The lowest BCUT2D eigenvalue weighted by Crippen LogP contribution is -2.15. The minimum atomic E-state index is -4.14. The predicted octanol–water partition coefficient (Wildman–Crippen LogP) is 3.97. The SMILES string of the molecule is FC(F)(F)CCNc1ncc(Br)cc1Br. The van der Waals surface area contributed by atoms with E-state index in [0.29, 0.717) is 10.3 Å². The molecule has 0 aromatic carbocycles. The number of nitrogens with zero attached hydrogens (tertiary/aromatic N) is 1. The molecule has 0 aliphatic carbocycles. The van der Waals surface area contributed by atoms with Gasteiger partial charge in [0.2, 0.25) is 0 Å². The van der Waals surface area contributed by atoms with Crippen molar-refractivity contribution < 1.29 is 13.2 Å². The van der Waals surface area contributed by atoms with Gasteiger partial charge in [-0.05, 0) is 37.9 Å². The van der Waals surface area contributed by atoms with Crippen molar-refractivity contribution in [1.82, 2.24) is 4.98 Å². The molecule has 0 saturated heterocycles. The summed E-state index contributed by atoms with van der Waals surface area (Å²) in [5, 5.41) is 2.60. The number of anilines is 1. The molecule has 0 fully saturated rings. The van der Waals surface area contributed by atoms with Crippen LogP contribution in [-0.2, 0) is 0 Å². The van der Waals surface area contributed by atoms with Gasteiger partial charge in [-0.2, -0.15) is 13.2 Å². The van der Waals surface area contributed by atoms with E-state index in [1.165, 1.54) is 6.20 Å². The Hall–Kier alpha value is -0.300. The third kappa shape index (κ3) is 4.83. The molecule has 7 heteroatoms. The molecule has 2 nitrogen and oxygen atoms in total. The van der Waals surface area contributed by atoms with E-state index in [1.54, 1.807) is 6.07 Å². The lowest BCUT2D eigenvalue weighted by atomic mass is 10.4. The molecule has 1 N–H and O–H groups in total. The molecule has 0 saturated carbocycles. The summed E-state index contributed by atoms with van der Waals surface area (Å²) in [6.07, 6.45) is -3.51. The van der Waals surface area contributed by atoms with Crippen molar-refractivity contribution in [2.45, 2.75) is 12.6 Å². The van der Waals surface area contributed by atoms with Crippen LogP contribution in [0.1, 0.15) is 6.42 Å². The molecule has 0 amide bonds. The van der Waals surface area contributed by atoms with Crippen molar-refractivity contribution in [3.05, 3.63) is 21.2 Å². The molecule has 0 radical (unpaired) electrons. The largest absolute Gasteiger partial charge is 0.390 e. The number of pyridine rings is 1. The van der Waals surface area contributed by atoms with Crippen LogP contribution in [0, 0.1) is 0 Å². The van der Waals surface area contributed by atoms with Crippen LogP contribution in [0.3, 0.4) is 0 Å².